The van der Waals surface area contributed by atoms with Crippen LogP contribution in [0, 0.1) is 5.92 Å². The first-order valence-corrected chi connectivity index (χ1v) is 5.46. The van der Waals surface area contributed by atoms with E-state index in [9.17, 15) is 4.79 Å². The first kappa shape index (κ1) is 12.3. The molecule has 1 heterocycles. The molecular weight excluding hydrogens is 194 g/mol. The van der Waals surface area contributed by atoms with E-state index in [0.29, 0.717) is 12.5 Å². The third kappa shape index (κ3) is 4.51. The highest BCUT2D eigenvalue weighted by Gasteiger charge is 2.25. The molecule has 0 radical (unpaired) electrons. The highest BCUT2D eigenvalue weighted by molar-refractivity contribution is 5.68. The van der Waals surface area contributed by atoms with Crippen LogP contribution in [-0.2, 0) is 9.47 Å². The van der Waals surface area contributed by atoms with E-state index in [2.05, 4.69) is 12.2 Å². The van der Waals surface area contributed by atoms with E-state index in [-0.39, 0.29) is 12.1 Å². The van der Waals surface area contributed by atoms with Crippen molar-refractivity contribution in [2.75, 3.05) is 13.2 Å². The van der Waals surface area contributed by atoms with Crippen molar-refractivity contribution >= 4 is 6.09 Å². The Morgan fingerprint density at radius 1 is 1.47 bits per heavy atom. The molecule has 1 saturated heterocycles. The van der Waals surface area contributed by atoms with Crippen LogP contribution in [0.15, 0.2) is 0 Å². The summed E-state index contributed by atoms with van der Waals surface area (Å²) in [5.74, 6) is 0.450. The fourth-order valence-corrected chi connectivity index (χ4v) is 1.49. The quantitative estimate of drug-likeness (QED) is 0.727. The zero-order chi connectivity index (χ0) is 11.5. The molecular formula is C11H21NO3. The highest BCUT2D eigenvalue weighted by Crippen LogP contribution is 2.15. The summed E-state index contributed by atoms with van der Waals surface area (Å²) in [6, 6.07) is 0.0774. The second-order valence-electron chi connectivity index (χ2n) is 5.09. The fraction of sp³-hybridized carbons (Fsp3) is 0.909. The largest absolute Gasteiger partial charge is 0.444 e. The number of carbonyl (C=O) groups excluding carboxylic acids is 1. The molecule has 1 aliphatic heterocycles. The Kier molecular flexibility index (Phi) is 3.97. The maximum absolute atomic E-state index is 11.5. The first-order valence-electron chi connectivity index (χ1n) is 5.46. The summed E-state index contributed by atoms with van der Waals surface area (Å²) in [5, 5.41) is 2.84. The van der Waals surface area contributed by atoms with Crippen molar-refractivity contribution in [2.45, 2.75) is 45.8 Å². The van der Waals surface area contributed by atoms with Crippen molar-refractivity contribution in [3.05, 3.63) is 0 Å². The predicted molar refractivity (Wildman–Crippen MR) is 57.8 cm³/mol. The predicted octanol–water partition coefficient (Wildman–Crippen LogP) is 1.94. The van der Waals surface area contributed by atoms with E-state index in [1.807, 2.05) is 20.8 Å². The zero-order valence-corrected chi connectivity index (χ0v) is 10.0. The molecule has 2 atom stereocenters. The van der Waals surface area contributed by atoms with Crippen LogP contribution in [0.3, 0.4) is 0 Å². The molecule has 4 heteroatoms. The molecule has 88 valence electrons. The van der Waals surface area contributed by atoms with E-state index in [4.69, 9.17) is 9.47 Å². The van der Waals surface area contributed by atoms with Gasteiger partial charge in [0, 0.05) is 6.61 Å². The van der Waals surface area contributed by atoms with Gasteiger partial charge in [0.2, 0.25) is 0 Å². The number of carbonyl (C=O) groups is 1. The van der Waals surface area contributed by atoms with Gasteiger partial charge in [-0.15, -0.1) is 0 Å². The first-order chi connectivity index (χ1) is 6.88. The van der Waals surface area contributed by atoms with Crippen molar-refractivity contribution in [3.63, 3.8) is 0 Å². The summed E-state index contributed by atoms with van der Waals surface area (Å²) < 4.78 is 10.5. The van der Waals surface area contributed by atoms with Gasteiger partial charge in [0.25, 0.3) is 0 Å². The molecule has 1 rings (SSSR count). The molecule has 1 aliphatic rings. The second kappa shape index (κ2) is 4.84. The number of hydrogen-bond acceptors (Lipinski definition) is 3. The Morgan fingerprint density at radius 2 is 2.13 bits per heavy atom. The topological polar surface area (TPSA) is 47.6 Å². The number of hydrogen-bond donors (Lipinski definition) is 1. The molecule has 15 heavy (non-hydrogen) atoms. The molecule has 1 amide bonds. The molecule has 0 saturated carbocycles. The van der Waals surface area contributed by atoms with Crippen LogP contribution < -0.4 is 5.32 Å². The lowest BCUT2D eigenvalue weighted by Crippen LogP contribution is -2.47. The summed E-state index contributed by atoms with van der Waals surface area (Å²) in [7, 11) is 0. The lowest BCUT2D eigenvalue weighted by atomic mass is 9.97. The molecule has 1 unspecified atom stereocenters. The molecule has 0 aromatic heterocycles. The van der Waals surface area contributed by atoms with Gasteiger partial charge >= 0.3 is 6.09 Å². The van der Waals surface area contributed by atoms with Crippen LogP contribution in [0.25, 0.3) is 0 Å². The van der Waals surface area contributed by atoms with Gasteiger partial charge in [-0.2, -0.15) is 0 Å². The standard InChI is InChI=1S/C11H21NO3/c1-8-5-6-14-7-9(8)12-10(13)15-11(2,3)4/h8-9H,5-7H2,1-4H3,(H,12,13)/t8-,9?/m1/s1. The molecule has 4 nitrogen and oxygen atoms in total. The van der Waals surface area contributed by atoms with Gasteiger partial charge in [-0.1, -0.05) is 6.92 Å². The van der Waals surface area contributed by atoms with Crippen LogP contribution in [0.1, 0.15) is 34.1 Å². The van der Waals surface area contributed by atoms with Crippen LogP contribution in [-0.4, -0.2) is 30.9 Å². The number of rotatable bonds is 1. The van der Waals surface area contributed by atoms with Gasteiger partial charge in [0.05, 0.1) is 12.6 Å². The number of alkyl carbamates (subject to hydrolysis) is 1. The Labute approximate surface area is 91.3 Å². The molecule has 1 fully saturated rings. The molecule has 0 bridgehead atoms. The maximum atomic E-state index is 11.5. The minimum Gasteiger partial charge on any atom is -0.444 e. The average molecular weight is 215 g/mol. The molecule has 0 aromatic rings. The average Bonchev–Trinajstić information content (AvgIpc) is 2.05. The van der Waals surface area contributed by atoms with E-state index in [0.717, 1.165) is 13.0 Å². The third-order valence-corrected chi connectivity index (χ3v) is 2.40. The minimum absolute atomic E-state index is 0.0774. The van der Waals surface area contributed by atoms with Gasteiger partial charge in [0.1, 0.15) is 5.60 Å². The third-order valence-electron chi connectivity index (χ3n) is 2.40. The van der Waals surface area contributed by atoms with E-state index in [1.54, 1.807) is 0 Å². The summed E-state index contributed by atoms with van der Waals surface area (Å²) in [5.41, 5.74) is -0.442. The number of ether oxygens (including phenoxy) is 2. The minimum atomic E-state index is -0.442. The summed E-state index contributed by atoms with van der Waals surface area (Å²) in [6.07, 6.45) is 0.630. The Morgan fingerprint density at radius 3 is 2.67 bits per heavy atom. The van der Waals surface area contributed by atoms with Crippen molar-refractivity contribution in [2.24, 2.45) is 5.92 Å². The SMILES string of the molecule is C[C@@H]1CCOCC1NC(=O)OC(C)(C)C. The van der Waals surface area contributed by atoms with Gasteiger partial charge in [-0.3, -0.25) is 0 Å². The smallest absolute Gasteiger partial charge is 0.407 e. The van der Waals surface area contributed by atoms with Gasteiger partial charge in [0.15, 0.2) is 0 Å². The van der Waals surface area contributed by atoms with Crippen LogP contribution in [0.4, 0.5) is 4.79 Å². The van der Waals surface area contributed by atoms with Crippen LogP contribution in [0.2, 0.25) is 0 Å². The molecule has 0 aromatic carbocycles. The van der Waals surface area contributed by atoms with Gasteiger partial charge < -0.3 is 14.8 Å². The fourth-order valence-electron chi connectivity index (χ4n) is 1.49. The summed E-state index contributed by atoms with van der Waals surface area (Å²) >= 11 is 0. The lowest BCUT2D eigenvalue weighted by molar-refractivity contribution is 0.0207. The molecule has 0 aliphatic carbocycles. The van der Waals surface area contributed by atoms with Gasteiger partial charge in [-0.25, -0.2) is 4.79 Å². The Balaban J connectivity index is 2.36. The molecule has 0 spiro atoms. The van der Waals surface area contributed by atoms with Crippen molar-refractivity contribution < 1.29 is 14.3 Å². The van der Waals surface area contributed by atoms with Gasteiger partial charge in [-0.05, 0) is 33.1 Å². The van der Waals surface area contributed by atoms with E-state index in [1.165, 1.54) is 0 Å². The van der Waals surface area contributed by atoms with Crippen LogP contribution in [0.5, 0.6) is 0 Å². The van der Waals surface area contributed by atoms with Crippen LogP contribution >= 0.6 is 0 Å². The normalized spacial score (nSPS) is 27.2. The zero-order valence-electron chi connectivity index (χ0n) is 10.0. The van der Waals surface area contributed by atoms with Crippen molar-refractivity contribution in [1.29, 1.82) is 0 Å². The lowest BCUT2D eigenvalue weighted by Gasteiger charge is -2.30. The Hall–Kier alpha value is -0.770. The van der Waals surface area contributed by atoms with E-state index >= 15 is 0 Å². The maximum Gasteiger partial charge on any atom is 0.407 e. The summed E-state index contributed by atoms with van der Waals surface area (Å²) in [4.78, 5) is 11.5. The number of nitrogens with one attached hydrogen (secondary N) is 1. The number of amides is 1. The van der Waals surface area contributed by atoms with Crippen molar-refractivity contribution in [3.8, 4) is 0 Å². The summed E-state index contributed by atoms with van der Waals surface area (Å²) in [6.45, 7) is 9.05. The highest BCUT2D eigenvalue weighted by atomic mass is 16.6. The van der Waals surface area contributed by atoms with E-state index < -0.39 is 5.60 Å². The Bertz CT molecular complexity index is 222. The monoisotopic (exact) mass is 215 g/mol. The van der Waals surface area contributed by atoms with Crippen molar-refractivity contribution in [1.82, 2.24) is 5.32 Å². The second-order valence-corrected chi connectivity index (χ2v) is 5.09. The molecule has 1 N–H and O–H groups in total.